The Hall–Kier alpha value is -1.91. The highest BCUT2D eigenvalue weighted by Gasteiger charge is 2.17. The molecule has 4 heteroatoms. The first kappa shape index (κ1) is 13.5. The van der Waals surface area contributed by atoms with Crippen molar-refractivity contribution in [1.29, 1.82) is 0 Å². The standard InChI is InChI=1S/C15H14O3S/c1-2-7-12-8-3-4-9-13(12)14-10-5-6-11-15(14)19(16,17)18/h2-6,8-11H,1,7H2,(H,16,17,18). The Bertz CT molecular complexity index is 703. The van der Waals surface area contributed by atoms with Crippen molar-refractivity contribution in [2.45, 2.75) is 11.3 Å². The van der Waals surface area contributed by atoms with Gasteiger partial charge in [0.05, 0.1) is 0 Å². The average molecular weight is 274 g/mol. The molecule has 0 aromatic heterocycles. The highest BCUT2D eigenvalue weighted by molar-refractivity contribution is 7.86. The van der Waals surface area contributed by atoms with Crippen LogP contribution in [0.3, 0.4) is 0 Å². The van der Waals surface area contributed by atoms with Crippen LogP contribution < -0.4 is 0 Å². The maximum Gasteiger partial charge on any atom is 0.295 e. The first-order valence-electron chi connectivity index (χ1n) is 5.79. The summed E-state index contributed by atoms with van der Waals surface area (Å²) in [5.74, 6) is 0. The zero-order valence-corrected chi connectivity index (χ0v) is 11.1. The van der Waals surface area contributed by atoms with E-state index in [9.17, 15) is 13.0 Å². The van der Waals surface area contributed by atoms with Gasteiger partial charge in [-0.2, -0.15) is 8.42 Å². The van der Waals surface area contributed by atoms with Crippen LogP contribution in [0.2, 0.25) is 0 Å². The van der Waals surface area contributed by atoms with Gasteiger partial charge in [0, 0.05) is 5.56 Å². The van der Waals surface area contributed by atoms with Crippen LogP contribution in [0.25, 0.3) is 11.1 Å². The average Bonchev–Trinajstić information content (AvgIpc) is 2.39. The van der Waals surface area contributed by atoms with Crippen LogP contribution >= 0.6 is 0 Å². The minimum atomic E-state index is -4.24. The third-order valence-corrected chi connectivity index (χ3v) is 3.75. The summed E-state index contributed by atoms with van der Waals surface area (Å²) >= 11 is 0. The van der Waals surface area contributed by atoms with Crippen LogP contribution in [-0.4, -0.2) is 13.0 Å². The molecule has 98 valence electrons. The Kier molecular flexibility index (Phi) is 3.83. The molecule has 0 amide bonds. The van der Waals surface area contributed by atoms with Gasteiger partial charge >= 0.3 is 0 Å². The Balaban J connectivity index is 2.70. The highest BCUT2D eigenvalue weighted by Crippen LogP contribution is 2.30. The molecule has 0 aliphatic carbocycles. The van der Waals surface area contributed by atoms with Crippen LogP contribution in [0.4, 0.5) is 0 Å². The summed E-state index contributed by atoms with van der Waals surface area (Å²) in [6.07, 6.45) is 2.39. The van der Waals surface area contributed by atoms with Gasteiger partial charge in [-0.05, 0) is 23.6 Å². The van der Waals surface area contributed by atoms with Gasteiger partial charge in [-0.25, -0.2) is 0 Å². The van der Waals surface area contributed by atoms with Crippen molar-refractivity contribution in [2.24, 2.45) is 0 Å². The minimum absolute atomic E-state index is 0.0773. The lowest BCUT2D eigenvalue weighted by Crippen LogP contribution is -2.01. The van der Waals surface area contributed by atoms with Crippen LogP contribution in [-0.2, 0) is 16.5 Å². The van der Waals surface area contributed by atoms with Gasteiger partial charge in [0.1, 0.15) is 4.90 Å². The van der Waals surface area contributed by atoms with E-state index in [-0.39, 0.29) is 4.90 Å². The smallest absolute Gasteiger partial charge is 0.282 e. The summed E-state index contributed by atoms with van der Waals surface area (Å²) in [5.41, 5.74) is 2.26. The molecule has 1 N–H and O–H groups in total. The molecule has 0 heterocycles. The fourth-order valence-corrected chi connectivity index (χ4v) is 2.74. The molecular weight excluding hydrogens is 260 g/mol. The number of benzene rings is 2. The van der Waals surface area contributed by atoms with Crippen molar-refractivity contribution in [1.82, 2.24) is 0 Å². The van der Waals surface area contributed by atoms with Crippen LogP contribution in [0.5, 0.6) is 0 Å². The van der Waals surface area contributed by atoms with E-state index in [1.54, 1.807) is 24.3 Å². The number of hydrogen-bond acceptors (Lipinski definition) is 2. The predicted molar refractivity (Wildman–Crippen MR) is 75.6 cm³/mol. The number of allylic oxidation sites excluding steroid dienone is 1. The van der Waals surface area contributed by atoms with E-state index in [0.29, 0.717) is 12.0 Å². The zero-order valence-electron chi connectivity index (χ0n) is 10.3. The lowest BCUT2D eigenvalue weighted by atomic mass is 9.98. The predicted octanol–water partition coefficient (Wildman–Crippen LogP) is 3.33. The molecule has 19 heavy (non-hydrogen) atoms. The normalized spacial score (nSPS) is 11.2. The van der Waals surface area contributed by atoms with Crippen LogP contribution in [0, 0.1) is 0 Å². The summed E-state index contributed by atoms with van der Waals surface area (Å²) in [5, 5.41) is 0. The first-order chi connectivity index (χ1) is 9.04. The molecule has 0 atom stereocenters. The van der Waals surface area contributed by atoms with Gasteiger partial charge in [0.15, 0.2) is 0 Å². The molecule has 0 unspecified atom stereocenters. The molecule has 0 radical (unpaired) electrons. The fraction of sp³-hybridized carbons (Fsp3) is 0.0667. The van der Waals surface area contributed by atoms with Gasteiger partial charge < -0.3 is 0 Å². The lowest BCUT2D eigenvalue weighted by Gasteiger charge is -2.11. The number of rotatable bonds is 4. The van der Waals surface area contributed by atoms with Crippen LogP contribution in [0.15, 0.2) is 66.1 Å². The van der Waals surface area contributed by atoms with Crippen molar-refractivity contribution in [2.75, 3.05) is 0 Å². The summed E-state index contributed by atoms with van der Waals surface area (Å²) in [6, 6.07) is 13.9. The van der Waals surface area contributed by atoms with E-state index < -0.39 is 10.1 Å². The van der Waals surface area contributed by atoms with Crippen molar-refractivity contribution >= 4 is 10.1 Å². The van der Waals surface area contributed by atoms with Gasteiger partial charge in [0.2, 0.25) is 0 Å². The molecule has 3 nitrogen and oxygen atoms in total. The van der Waals surface area contributed by atoms with Gasteiger partial charge in [-0.1, -0.05) is 48.5 Å². The Morgan fingerprint density at radius 1 is 1.00 bits per heavy atom. The molecule has 0 bridgehead atoms. The second-order valence-corrected chi connectivity index (χ2v) is 5.51. The van der Waals surface area contributed by atoms with Crippen molar-refractivity contribution in [3.05, 3.63) is 66.7 Å². The Morgan fingerprint density at radius 3 is 2.21 bits per heavy atom. The fourth-order valence-electron chi connectivity index (χ4n) is 2.03. The molecule has 0 aliphatic rings. The lowest BCUT2D eigenvalue weighted by molar-refractivity contribution is 0.483. The SMILES string of the molecule is C=CCc1ccccc1-c1ccccc1S(=O)(=O)O. The van der Waals surface area contributed by atoms with E-state index in [2.05, 4.69) is 6.58 Å². The van der Waals surface area contributed by atoms with Crippen molar-refractivity contribution in [3.63, 3.8) is 0 Å². The molecule has 0 aliphatic heterocycles. The third kappa shape index (κ3) is 2.92. The zero-order chi connectivity index (χ0) is 13.9. The summed E-state index contributed by atoms with van der Waals surface area (Å²) in [7, 11) is -4.24. The molecule has 0 fully saturated rings. The second kappa shape index (κ2) is 5.38. The monoisotopic (exact) mass is 274 g/mol. The molecule has 2 rings (SSSR count). The van der Waals surface area contributed by atoms with E-state index in [1.165, 1.54) is 6.07 Å². The Morgan fingerprint density at radius 2 is 1.58 bits per heavy atom. The van der Waals surface area contributed by atoms with E-state index >= 15 is 0 Å². The van der Waals surface area contributed by atoms with Gasteiger partial charge in [-0.15, -0.1) is 6.58 Å². The van der Waals surface area contributed by atoms with E-state index in [1.807, 2.05) is 24.3 Å². The highest BCUT2D eigenvalue weighted by atomic mass is 32.2. The molecule has 2 aromatic carbocycles. The number of hydrogen-bond donors (Lipinski definition) is 1. The summed E-state index contributed by atoms with van der Waals surface area (Å²) in [4.78, 5) is -0.0773. The van der Waals surface area contributed by atoms with Crippen molar-refractivity contribution in [3.8, 4) is 11.1 Å². The maximum atomic E-state index is 11.4. The summed E-state index contributed by atoms with van der Waals surface area (Å²) in [6.45, 7) is 3.69. The first-order valence-corrected chi connectivity index (χ1v) is 7.23. The van der Waals surface area contributed by atoms with Gasteiger partial charge in [0.25, 0.3) is 10.1 Å². The molecular formula is C15H14O3S. The van der Waals surface area contributed by atoms with Gasteiger partial charge in [-0.3, -0.25) is 4.55 Å². The molecule has 2 aromatic rings. The minimum Gasteiger partial charge on any atom is -0.282 e. The molecule has 0 saturated heterocycles. The van der Waals surface area contributed by atoms with Crippen molar-refractivity contribution < 1.29 is 13.0 Å². The van der Waals surface area contributed by atoms with E-state index in [4.69, 9.17) is 0 Å². The summed E-state index contributed by atoms with van der Waals surface area (Å²) < 4.78 is 32.2. The quantitative estimate of drug-likeness (QED) is 0.687. The maximum absolute atomic E-state index is 11.4. The third-order valence-electron chi connectivity index (χ3n) is 2.84. The second-order valence-electron chi connectivity index (χ2n) is 4.12. The van der Waals surface area contributed by atoms with E-state index in [0.717, 1.165) is 11.1 Å². The topological polar surface area (TPSA) is 54.4 Å². The van der Waals surface area contributed by atoms with Crippen LogP contribution in [0.1, 0.15) is 5.56 Å². The Labute approximate surface area is 113 Å². The molecule has 0 spiro atoms. The largest absolute Gasteiger partial charge is 0.295 e. The molecule has 0 saturated carbocycles.